The summed E-state index contributed by atoms with van der Waals surface area (Å²) in [6.45, 7) is 5.67. The second kappa shape index (κ2) is 8.83. The fraction of sp³-hybridized carbons (Fsp3) is 0.444. The molecule has 1 aromatic rings. The van der Waals surface area contributed by atoms with Crippen molar-refractivity contribution in [3.8, 4) is 23.3 Å². The second-order valence-corrected chi connectivity index (χ2v) is 6.04. The number of hydrogen-bond acceptors (Lipinski definition) is 5. The van der Waals surface area contributed by atoms with Gasteiger partial charge < -0.3 is 24.6 Å². The molecule has 1 rings (SSSR count). The van der Waals surface area contributed by atoms with E-state index in [2.05, 4.69) is 17.2 Å². The van der Waals surface area contributed by atoms with E-state index in [-0.39, 0.29) is 5.56 Å². The summed E-state index contributed by atoms with van der Waals surface area (Å²) in [5.74, 6) is 5.31. The number of amides is 1. The molecule has 2 N–H and O–H groups in total. The zero-order chi connectivity index (χ0) is 19.0. The minimum Gasteiger partial charge on any atom is -0.495 e. The molecule has 0 saturated heterocycles. The molecule has 0 aliphatic rings. The maximum absolute atomic E-state index is 11.5. The zero-order valence-electron chi connectivity index (χ0n) is 15.1. The fourth-order valence-electron chi connectivity index (χ4n) is 1.85. The van der Waals surface area contributed by atoms with Gasteiger partial charge in [-0.1, -0.05) is 11.8 Å². The molecule has 0 aromatic heterocycles. The Hall–Kier alpha value is -2.88. The van der Waals surface area contributed by atoms with Crippen molar-refractivity contribution >= 4 is 12.1 Å². The average molecular weight is 349 g/mol. The lowest BCUT2D eigenvalue weighted by molar-refractivity contribution is 0.0528. The Morgan fingerprint density at radius 3 is 2.16 bits per heavy atom. The number of carboxylic acid groups (broad SMARTS) is 1. The first-order chi connectivity index (χ1) is 11.7. The number of alkyl carbamates (subject to hydrolysis) is 1. The Kier molecular flexibility index (Phi) is 7.12. The van der Waals surface area contributed by atoms with Crippen LogP contribution in [0.3, 0.4) is 0 Å². The van der Waals surface area contributed by atoms with E-state index >= 15 is 0 Å². The molecule has 0 radical (unpaired) electrons. The highest BCUT2D eigenvalue weighted by Gasteiger charge is 2.16. The predicted molar refractivity (Wildman–Crippen MR) is 92.2 cm³/mol. The van der Waals surface area contributed by atoms with Crippen LogP contribution in [-0.2, 0) is 4.74 Å². The van der Waals surface area contributed by atoms with Gasteiger partial charge in [0.1, 0.15) is 22.7 Å². The molecule has 7 heteroatoms. The summed E-state index contributed by atoms with van der Waals surface area (Å²) in [7, 11) is 2.85. The summed E-state index contributed by atoms with van der Waals surface area (Å²) in [5.41, 5.74) is -0.0549. The van der Waals surface area contributed by atoms with E-state index in [1.807, 2.05) is 0 Å². The summed E-state index contributed by atoms with van der Waals surface area (Å²) < 4.78 is 15.5. The molecule has 7 nitrogen and oxygen atoms in total. The van der Waals surface area contributed by atoms with Crippen molar-refractivity contribution in [2.24, 2.45) is 0 Å². The lowest BCUT2D eigenvalue weighted by Gasteiger charge is -2.19. The number of aromatic carboxylic acids is 1. The molecular formula is C18H23NO6. The monoisotopic (exact) mass is 349 g/mol. The number of ether oxygens (including phenoxy) is 3. The number of carboxylic acids is 1. The van der Waals surface area contributed by atoms with Crippen molar-refractivity contribution in [2.45, 2.75) is 32.8 Å². The summed E-state index contributed by atoms with van der Waals surface area (Å²) in [4.78, 5) is 22.6. The molecular weight excluding hydrogens is 326 g/mol. The number of methoxy groups -OCH3 is 2. The van der Waals surface area contributed by atoms with Crippen molar-refractivity contribution < 1.29 is 28.9 Å². The lowest BCUT2D eigenvalue weighted by Crippen LogP contribution is -2.32. The highest BCUT2D eigenvalue weighted by Crippen LogP contribution is 2.29. The molecule has 0 atom stereocenters. The molecule has 0 heterocycles. The SMILES string of the molecule is COc1cc(C(=O)O)cc(OC)c1C#CCCNC(=O)OC(C)(C)C. The normalized spacial score (nSPS) is 10.3. The van der Waals surface area contributed by atoms with Crippen LogP contribution >= 0.6 is 0 Å². The first-order valence-electron chi connectivity index (χ1n) is 7.63. The quantitative estimate of drug-likeness (QED) is 0.627. The minimum absolute atomic E-state index is 0.0471. The van der Waals surface area contributed by atoms with E-state index in [1.54, 1.807) is 20.8 Å². The van der Waals surface area contributed by atoms with E-state index in [4.69, 9.17) is 19.3 Å². The van der Waals surface area contributed by atoms with Crippen LogP contribution in [0.4, 0.5) is 4.79 Å². The average Bonchev–Trinajstić information content (AvgIpc) is 2.52. The van der Waals surface area contributed by atoms with Crippen LogP contribution in [0.25, 0.3) is 0 Å². The molecule has 136 valence electrons. The van der Waals surface area contributed by atoms with Crippen molar-refractivity contribution in [3.05, 3.63) is 23.3 Å². The van der Waals surface area contributed by atoms with Crippen molar-refractivity contribution in [1.82, 2.24) is 5.32 Å². The van der Waals surface area contributed by atoms with Crippen LogP contribution in [0.1, 0.15) is 43.1 Å². The van der Waals surface area contributed by atoms with Gasteiger partial charge in [-0.2, -0.15) is 0 Å². The first-order valence-corrected chi connectivity index (χ1v) is 7.63. The van der Waals surface area contributed by atoms with Gasteiger partial charge in [-0.25, -0.2) is 9.59 Å². The third-order valence-electron chi connectivity index (χ3n) is 2.88. The standard InChI is InChI=1S/C18H23NO6/c1-18(2,3)25-17(22)19-9-7-6-8-13-14(23-4)10-12(16(20)21)11-15(13)24-5/h10-11H,7,9H2,1-5H3,(H,19,22)(H,20,21). The number of hydrogen-bond donors (Lipinski definition) is 2. The molecule has 25 heavy (non-hydrogen) atoms. The fourth-order valence-corrected chi connectivity index (χ4v) is 1.85. The van der Waals surface area contributed by atoms with Gasteiger partial charge in [-0.15, -0.1) is 0 Å². The van der Waals surface area contributed by atoms with Crippen molar-refractivity contribution in [2.75, 3.05) is 20.8 Å². The molecule has 1 aromatic carbocycles. The van der Waals surface area contributed by atoms with E-state index in [0.29, 0.717) is 30.0 Å². The van der Waals surface area contributed by atoms with Gasteiger partial charge >= 0.3 is 12.1 Å². The van der Waals surface area contributed by atoms with Gasteiger partial charge in [0, 0.05) is 13.0 Å². The van der Waals surface area contributed by atoms with Gasteiger partial charge in [0.25, 0.3) is 0 Å². The largest absolute Gasteiger partial charge is 0.495 e. The third-order valence-corrected chi connectivity index (χ3v) is 2.88. The topological polar surface area (TPSA) is 94.1 Å². The summed E-state index contributed by atoms with van der Waals surface area (Å²) >= 11 is 0. The number of rotatable bonds is 5. The number of carbonyl (C=O) groups excluding carboxylic acids is 1. The van der Waals surface area contributed by atoms with Gasteiger partial charge in [0.15, 0.2) is 0 Å². The number of carbonyl (C=O) groups is 2. The maximum Gasteiger partial charge on any atom is 0.407 e. The van der Waals surface area contributed by atoms with Crippen molar-refractivity contribution in [1.29, 1.82) is 0 Å². The molecule has 0 fully saturated rings. The molecule has 0 bridgehead atoms. The summed E-state index contributed by atoms with van der Waals surface area (Å²) in [5, 5.41) is 11.7. The van der Waals surface area contributed by atoms with Crippen LogP contribution in [0.2, 0.25) is 0 Å². The van der Waals surface area contributed by atoms with E-state index < -0.39 is 17.7 Å². The maximum atomic E-state index is 11.5. The summed E-state index contributed by atoms with van der Waals surface area (Å²) in [6, 6.07) is 2.77. The smallest absolute Gasteiger partial charge is 0.407 e. The third kappa shape index (κ3) is 6.63. The van der Waals surface area contributed by atoms with Crippen LogP contribution in [0.5, 0.6) is 11.5 Å². The zero-order valence-corrected chi connectivity index (χ0v) is 15.1. The van der Waals surface area contributed by atoms with Crippen LogP contribution in [0.15, 0.2) is 12.1 Å². The Bertz CT molecular complexity index is 669. The highest BCUT2D eigenvalue weighted by atomic mass is 16.6. The number of benzene rings is 1. The molecule has 0 unspecified atom stereocenters. The van der Waals surface area contributed by atoms with E-state index in [9.17, 15) is 9.59 Å². The molecule has 0 aliphatic carbocycles. The van der Waals surface area contributed by atoms with Crippen LogP contribution < -0.4 is 14.8 Å². The first kappa shape index (κ1) is 20.2. The number of nitrogens with one attached hydrogen (secondary N) is 1. The van der Waals surface area contributed by atoms with Gasteiger partial charge in [-0.3, -0.25) is 0 Å². The van der Waals surface area contributed by atoms with Gasteiger partial charge in [0.2, 0.25) is 0 Å². The molecule has 0 aliphatic heterocycles. The second-order valence-electron chi connectivity index (χ2n) is 6.04. The van der Waals surface area contributed by atoms with E-state index in [0.717, 1.165) is 0 Å². The Morgan fingerprint density at radius 2 is 1.72 bits per heavy atom. The van der Waals surface area contributed by atoms with Crippen LogP contribution in [-0.4, -0.2) is 43.5 Å². The highest BCUT2D eigenvalue weighted by molar-refractivity contribution is 5.89. The predicted octanol–water partition coefficient (Wildman–Crippen LogP) is 2.67. The summed E-state index contributed by atoms with van der Waals surface area (Å²) in [6.07, 6.45) is -0.123. The molecule has 0 spiro atoms. The van der Waals surface area contributed by atoms with Crippen molar-refractivity contribution in [3.63, 3.8) is 0 Å². The minimum atomic E-state index is -1.09. The molecule has 1 amide bonds. The van der Waals surface area contributed by atoms with Gasteiger partial charge in [-0.05, 0) is 32.9 Å². The Morgan fingerprint density at radius 1 is 1.16 bits per heavy atom. The van der Waals surface area contributed by atoms with Gasteiger partial charge in [0.05, 0.1) is 19.8 Å². The van der Waals surface area contributed by atoms with Crippen LogP contribution in [0, 0.1) is 11.8 Å². The Labute approximate surface area is 147 Å². The Balaban J connectivity index is 2.79. The molecule has 0 saturated carbocycles. The van der Waals surface area contributed by atoms with E-state index in [1.165, 1.54) is 26.4 Å². The lowest BCUT2D eigenvalue weighted by atomic mass is 10.1.